The molecule has 0 aliphatic carbocycles. The number of benzene rings is 2. The van der Waals surface area contributed by atoms with Gasteiger partial charge in [0.2, 0.25) is 5.91 Å². The number of nitrogens with one attached hydrogen (secondary N) is 1. The Morgan fingerprint density at radius 2 is 1.95 bits per heavy atom. The summed E-state index contributed by atoms with van der Waals surface area (Å²) in [5.74, 6) is -0.0852. The van der Waals surface area contributed by atoms with E-state index in [1.54, 1.807) is 24.3 Å². The fourth-order valence-electron chi connectivity index (χ4n) is 2.15. The molecule has 2 aromatic carbocycles. The maximum absolute atomic E-state index is 12.0. The molecule has 2 aromatic rings. The molecular weight excluding hydrogens is 274 g/mol. The Hall–Kier alpha value is -2.80. The first-order chi connectivity index (χ1) is 10.6. The van der Waals surface area contributed by atoms with Gasteiger partial charge in [-0.2, -0.15) is 5.26 Å². The van der Waals surface area contributed by atoms with Crippen LogP contribution in [0, 0.1) is 11.3 Å². The van der Waals surface area contributed by atoms with Crippen molar-refractivity contribution in [1.29, 1.82) is 5.26 Å². The number of carbonyl (C=O) groups excluding carboxylic acids is 1. The summed E-state index contributed by atoms with van der Waals surface area (Å²) in [6, 6.07) is 17.2. The number of hydrogen-bond acceptors (Lipinski definition) is 3. The molecule has 2 rings (SSSR count). The second-order valence-corrected chi connectivity index (χ2v) is 5.27. The number of rotatable bonds is 5. The Balaban J connectivity index is 1.96. The first kappa shape index (κ1) is 15.6. The van der Waals surface area contributed by atoms with Crippen LogP contribution in [0.15, 0.2) is 48.5 Å². The van der Waals surface area contributed by atoms with Gasteiger partial charge in [-0.25, -0.2) is 0 Å². The van der Waals surface area contributed by atoms with Crippen molar-refractivity contribution < 1.29 is 4.79 Å². The third kappa shape index (κ3) is 4.10. The van der Waals surface area contributed by atoms with Crippen LogP contribution in [0.5, 0.6) is 0 Å². The lowest BCUT2D eigenvalue weighted by molar-refractivity contribution is -0.116. The van der Waals surface area contributed by atoms with Gasteiger partial charge in [-0.05, 0) is 36.2 Å². The first-order valence-electron chi connectivity index (χ1n) is 7.15. The van der Waals surface area contributed by atoms with E-state index in [1.807, 2.05) is 37.2 Å². The van der Waals surface area contributed by atoms with Crippen LogP contribution in [0.25, 0.3) is 0 Å². The van der Waals surface area contributed by atoms with Gasteiger partial charge < -0.3 is 10.2 Å². The van der Waals surface area contributed by atoms with Crippen LogP contribution in [0.3, 0.4) is 0 Å². The summed E-state index contributed by atoms with van der Waals surface area (Å²) in [6.45, 7) is 0. The van der Waals surface area contributed by atoms with Crippen molar-refractivity contribution >= 4 is 17.3 Å². The zero-order valence-electron chi connectivity index (χ0n) is 12.8. The molecule has 1 amide bonds. The van der Waals surface area contributed by atoms with E-state index >= 15 is 0 Å². The quantitative estimate of drug-likeness (QED) is 0.921. The monoisotopic (exact) mass is 293 g/mol. The number of nitrogens with zero attached hydrogens (tertiary/aromatic N) is 2. The number of aryl methyl sites for hydroxylation is 1. The molecule has 0 radical (unpaired) electrons. The van der Waals surface area contributed by atoms with Crippen molar-refractivity contribution in [3.8, 4) is 6.07 Å². The molecule has 0 fully saturated rings. The van der Waals surface area contributed by atoms with Crippen LogP contribution < -0.4 is 10.2 Å². The summed E-state index contributed by atoms with van der Waals surface area (Å²) in [4.78, 5) is 14.1. The molecule has 1 N–H and O–H groups in total. The molecule has 22 heavy (non-hydrogen) atoms. The summed E-state index contributed by atoms with van der Waals surface area (Å²) in [6.07, 6.45) is 1.05. The second-order valence-electron chi connectivity index (χ2n) is 5.27. The molecule has 0 unspecified atom stereocenters. The van der Waals surface area contributed by atoms with Crippen molar-refractivity contribution in [3.05, 3.63) is 59.7 Å². The SMILES string of the molecule is CN(C)c1cccc(CCC(=O)Nc2ccccc2C#N)c1. The van der Waals surface area contributed by atoms with Crippen molar-refractivity contribution in [2.45, 2.75) is 12.8 Å². The molecule has 0 heterocycles. The van der Waals surface area contributed by atoms with Crippen LogP contribution in [0.1, 0.15) is 17.5 Å². The van der Waals surface area contributed by atoms with E-state index in [0.29, 0.717) is 24.1 Å². The Morgan fingerprint density at radius 1 is 1.18 bits per heavy atom. The standard InChI is InChI=1S/C18H19N3O/c1-21(2)16-8-5-6-14(12-16)10-11-18(22)20-17-9-4-3-7-15(17)13-19/h3-9,12H,10-11H2,1-2H3,(H,20,22). The molecular formula is C18H19N3O. The lowest BCUT2D eigenvalue weighted by Gasteiger charge is -2.13. The topological polar surface area (TPSA) is 56.1 Å². The van der Waals surface area contributed by atoms with E-state index in [9.17, 15) is 4.79 Å². The van der Waals surface area contributed by atoms with Gasteiger partial charge in [0.25, 0.3) is 0 Å². The predicted octanol–water partition coefficient (Wildman–Crippen LogP) is 3.20. The lowest BCUT2D eigenvalue weighted by atomic mass is 10.1. The summed E-state index contributed by atoms with van der Waals surface area (Å²) in [7, 11) is 3.98. The van der Waals surface area contributed by atoms with Gasteiger partial charge in [0.05, 0.1) is 11.3 Å². The summed E-state index contributed by atoms with van der Waals surface area (Å²) >= 11 is 0. The average Bonchev–Trinajstić information content (AvgIpc) is 2.53. The maximum Gasteiger partial charge on any atom is 0.224 e. The highest BCUT2D eigenvalue weighted by Crippen LogP contribution is 2.16. The number of anilines is 2. The minimum absolute atomic E-state index is 0.0852. The van der Waals surface area contributed by atoms with Gasteiger partial charge in [-0.15, -0.1) is 0 Å². The fraction of sp³-hybridized carbons (Fsp3) is 0.222. The van der Waals surface area contributed by atoms with Crippen molar-refractivity contribution in [1.82, 2.24) is 0 Å². The van der Waals surface area contributed by atoms with Gasteiger partial charge in [-0.1, -0.05) is 24.3 Å². The van der Waals surface area contributed by atoms with Gasteiger partial charge >= 0.3 is 0 Å². The van der Waals surface area contributed by atoms with E-state index in [1.165, 1.54) is 0 Å². The Kier molecular flexibility index (Phi) is 5.16. The van der Waals surface area contributed by atoms with Crippen molar-refractivity contribution in [3.63, 3.8) is 0 Å². The van der Waals surface area contributed by atoms with Crippen molar-refractivity contribution in [2.75, 3.05) is 24.3 Å². The molecule has 112 valence electrons. The van der Waals surface area contributed by atoms with Crippen LogP contribution in [-0.4, -0.2) is 20.0 Å². The second kappa shape index (κ2) is 7.28. The van der Waals surface area contributed by atoms with Gasteiger partial charge in [0.1, 0.15) is 6.07 Å². The number of amides is 1. The van der Waals surface area contributed by atoms with E-state index in [4.69, 9.17) is 5.26 Å². The molecule has 4 heteroatoms. The highest BCUT2D eigenvalue weighted by atomic mass is 16.1. The molecule has 0 bridgehead atoms. The molecule has 0 aromatic heterocycles. The molecule has 0 saturated heterocycles. The molecule has 4 nitrogen and oxygen atoms in total. The molecule has 0 aliphatic heterocycles. The van der Waals surface area contributed by atoms with Crippen LogP contribution in [-0.2, 0) is 11.2 Å². The predicted molar refractivity (Wildman–Crippen MR) is 88.9 cm³/mol. The third-order valence-corrected chi connectivity index (χ3v) is 3.39. The zero-order chi connectivity index (χ0) is 15.9. The minimum atomic E-state index is -0.0852. The molecule has 0 aliphatic rings. The van der Waals surface area contributed by atoms with Crippen LogP contribution >= 0.6 is 0 Å². The normalized spacial score (nSPS) is 9.86. The highest BCUT2D eigenvalue weighted by molar-refractivity contribution is 5.92. The van der Waals surface area contributed by atoms with Gasteiger partial charge in [-0.3, -0.25) is 4.79 Å². The largest absolute Gasteiger partial charge is 0.378 e. The number of para-hydroxylation sites is 1. The average molecular weight is 293 g/mol. The van der Waals surface area contributed by atoms with E-state index < -0.39 is 0 Å². The summed E-state index contributed by atoms with van der Waals surface area (Å²) in [5.41, 5.74) is 3.28. The van der Waals surface area contributed by atoms with Crippen molar-refractivity contribution in [2.24, 2.45) is 0 Å². The van der Waals surface area contributed by atoms with E-state index in [2.05, 4.69) is 17.5 Å². The number of carbonyl (C=O) groups is 1. The Labute approximate surface area is 131 Å². The maximum atomic E-state index is 12.0. The number of hydrogen-bond donors (Lipinski definition) is 1. The zero-order valence-corrected chi connectivity index (χ0v) is 12.8. The highest BCUT2D eigenvalue weighted by Gasteiger charge is 2.07. The Morgan fingerprint density at radius 3 is 2.68 bits per heavy atom. The van der Waals surface area contributed by atoms with E-state index in [-0.39, 0.29) is 5.91 Å². The van der Waals surface area contributed by atoms with Gasteiger partial charge in [0, 0.05) is 26.2 Å². The van der Waals surface area contributed by atoms with E-state index in [0.717, 1.165) is 11.3 Å². The third-order valence-electron chi connectivity index (χ3n) is 3.39. The first-order valence-corrected chi connectivity index (χ1v) is 7.15. The minimum Gasteiger partial charge on any atom is -0.378 e. The number of nitriles is 1. The smallest absolute Gasteiger partial charge is 0.224 e. The van der Waals surface area contributed by atoms with Crippen LogP contribution in [0.4, 0.5) is 11.4 Å². The summed E-state index contributed by atoms with van der Waals surface area (Å²) in [5, 5.41) is 11.8. The Bertz CT molecular complexity index is 701. The fourth-order valence-corrected chi connectivity index (χ4v) is 2.15. The van der Waals surface area contributed by atoms with Gasteiger partial charge in [0.15, 0.2) is 0 Å². The summed E-state index contributed by atoms with van der Waals surface area (Å²) < 4.78 is 0. The molecule has 0 saturated carbocycles. The van der Waals surface area contributed by atoms with Crippen LogP contribution in [0.2, 0.25) is 0 Å². The molecule has 0 atom stereocenters. The molecule has 0 spiro atoms. The lowest BCUT2D eigenvalue weighted by Crippen LogP contribution is -2.13.